The molecule has 0 fully saturated rings. The molecule has 0 saturated carbocycles. The molecular weight excluding hydrogens is 383 g/mol. The Bertz CT molecular complexity index is 1030. The second-order valence-electron chi connectivity index (χ2n) is 6.65. The van der Waals surface area contributed by atoms with Crippen LogP contribution in [0.3, 0.4) is 0 Å². The van der Waals surface area contributed by atoms with Crippen molar-refractivity contribution < 1.29 is 9.13 Å². The summed E-state index contributed by atoms with van der Waals surface area (Å²) in [5.74, 6) is 0.313. The van der Waals surface area contributed by atoms with Crippen LogP contribution in [0.4, 0.5) is 4.39 Å². The van der Waals surface area contributed by atoms with Gasteiger partial charge in [-0.2, -0.15) is 0 Å². The van der Waals surface area contributed by atoms with Crippen molar-refractivity contribution in [3.63, 3.8) is 0 Å². The van der Waals surface area contributed by atoms with Crippen molar-refractivity contribution in [2.45, 2.75) is 43.1 Å². The minimum Gasteiger partial charge on any atom is -0.383 e. The summed E-state index contributed by atoms with van der Waals surface area (Å²) in [5, 5.41) is 1.47. The van der Waals surface area contributed by atoms with Crippen molar-refractivity contribution in [2.24, 2.45) is 0 Å². The van der Waals surface area contributed by atoms with Gasteiger partial charge in [-0.1, -0.05) is 23.9 Å². The van der Waals surface area contributed by atoms with Crippen LogP contribution in [0.1, 0.15) is 28.8 Å². The number of aryl methyl sites for hydroxylation is 2. The summed E-state index contributed by atoms with van der Waals surface area (Å²) >= 11 is 3.13. The molecule has 1 aromatic carbocycles. The molecule has 0 unspecified atom stereocenters. The lowest BCUT2D eigenvalue weighted by Crippen LogP contribution is -2.25. The molecule has 0 amide bonds. The zero-order chi connectivity index (χ0) is 18.8. The summed E-state index contributed by atoms with van der Waals surface area (Å²) in [6.45, 7) is 0.918. The fourth-order valence-corrected chi connectivity index (χ4v) is 5.76. The van der Waals surface area contributed by atoms with Gasteiger partial charge in [0.05, 0.1) is 18.5 Å². The Morgan fingerprint density at radius 3 is 3.00 bits per heavy atom. The number of hydrogen-bond acceptors (Lipinski definition) is 5. The maximum Gasteiger partial charge on any atom is 0.263 e. The molecular formula is C20H21FN2O2S2. The van der Waals surface area contributed by atoms with Crippen LogP contribution in [0.2, 0.25) is 0 Å². The maximum absolute atomic E-state index is 13.4. The summed E-state index contributed by atoms with van der Waals surface area (Å²) in [6, 6.07) is 6.54. The smallest absolute Gasteiger partial charge is 0.263 e. The van der Waals surface area contributed by atoms with E-state index in [2.05, 4.69) is 0 Å². The van der Waals surface area contributed by atoms with E-state index in [1.165, 1.54) is 40.8 Å². The molecule has 0 spiro atoms. The van der Waals surface area contributed by atoms with Crippen molar-refractivity contribution in [3.8, 4) is 0 Å². The number of nitrogens with zero attached hydrogens (tertiary/aromatic N) is 2. The molecule has 0 radical (unpaired) electrons. The van der Waals surface area contributed by atoms with E-state index in [-0.39, 0.29) is 11.4 Å². The quantitative estimate of drug-likeness (QED) is 0.451. The third-order valence-corrected chi connectivity index (χ3v) is 7.05. The van der Waals surface area contributed by atoms with Crippen LogP contribution in [0.5, 0.6) is 0 Å². The van der Waals surface area contributed by atoms with Gasteiger partial charge in [0.2, 0.25) is 0 Å². The number of ether oxygens (including phenoxy) is 1. The number of benzene rings is 1. The third-order valence-electron chi connectivity index (χ3n) is 4.82. The van der Waals surface area contributed by atoms with E-state index in [1.54, 1.807) is 29.1 Å². The molecule has 4 rings (SSSR count). The van der Waals surface area contributed by atoms with Crippen LogP contribution in [-0.4, -0.2) is 23.3 Å². The van der Waals surface area contributed by atoms with Gasteiger partial charge < -0.3 is 4.74 Å². The number of methoxy groups -OCH3 is 1. The predicted molar refractivity (Wildman–Crippen MR) is 108 cm³/mol. The molecule has 0 atom stereocenters. The minimum absolute atomic E-state index is 0.0261. The summed E-state index contributed by atoms with van der Waals surface area (Å²) in [4.78, 5) is 20.2. The molecule has 3 aromatic rings. The first-order valence-corrected chi connectivity index (χ1v) is 10.9. The molecule has 2 heterocycles. The van der Waals surface area contributed by atoms with Crippen LogP contribution in [-0.2, 0) is 29.9 Å². The Kier molecular flexibility index (Phi) is 5.61. The molecule has 2 aromatic heterocycles. The van der Waals surface area contributed by atoms with Crippen molar-refractivity contribution in [2.75, 3.05) is 13.7 Å². The van der Waals surface area contributed by atoms with Gasteiger partial charge in [-0.25, -0.2) is 9.37 Å². The maximum atomic E-state index is 13.4. The normalized spacial score (nSPS) is 13.9. The molecule has 1 aliphatic rings. The number of fused-ring (bicyclic) bond motifs is 3. The SMILES string of the molecule is COCCn1c(SCc2cccc(F)c2)nc2sc3c(c2c1=O)CCCC3. The average molecular weight is 405 g/mol. The number of thiophene rings is 1. The summed E-state index contributed by atoms with van der Waals surface area (Å²) in [6.07, 6.45) is 4.32. The second-order valence-corrected chi connectivity index (χ2v) is 8.68. The highest BCUT2D eigenvalue weighted by Crippen LogP contribution is 2.35. The Balaban J connectivity index is 1.74. The van der Waals surface area contributed by atoms with Crippen molar-refractivity contribution in [1.82, 2.24) is 9.55 Å². The first kappa shape index (κ1) is 18.7. The molecule has 1 aliphatic carbocycles. The summed E-state index contributed by atoms with van der Waals surface area (Å²) in [5.41, 5.74) is 2.10. The first-order valence-electron chi connectivity index (χ1n) is 9.08. The average Bonchev–Trinajstić information content (AvgIpc) is 3.04. The lowest BCUT2D eigenvalue weighted by Gasteiger charge is -2.13. The Morgan fingerprint density at radius 2 is 2.19 bits per heavy atom. The van der Waals surface area contributed by atoms with Gasteiger partial charge in [-0.05, 0) is 48.9 Å². The molecule has 4 nitrogen and oxygen atoms in total. The summed E-state index contributed by atoms with van der Waals surface area (Å²) in [7, 11) is 1.63. The Hall–Kier alpha value is -1.70. The van der Waals surface area contributed by atoms with Gasteiger partial charge in [0.1, 0.15) is 10.6 Å². The number of rotatable bonds is 6. The van der Waals surface area contributed by atoms with Crippen LogP contribution < -0.4 is 5.56 Å². The zero-order valence-corrected chi connectivity index (χ0v) is 16.8. The van der Waals surface area contributed by atoms with E-state index in [0.29, 0.717) is 24.1 Å². The van der Waals surface area contributed by atoms with E-state index in [9.17, 15) is 9.18 Å². The standard InChI is InChI=1S/C20H21FN2O2S2/c1-25-10-9-23-19(24)17-15-7-2-3-8-16(15)27-18(17)22-20(23)26-12-13-5-4-6-14(21)11-13/h4-6,11H,2-3,7-10,12H2,1H3. The fourth-order valence-electron chi connectivity index (χ4n) is 3.48. The molecule has 0 aliphatic heterocycles. The third kappa shape index (κ3) is 3.81. The van der Waals surface area contributed by atoms with Crippen LogP contribution in [0, 0.1) is 5.82 Å². The first-order chi connectivity index (χ1) is 13.2. The van der Waals surface area contributed by atoms with Gasteiger partial charge in [-0.15, -0.1) is 11.3 Å². The van der Waals surface area contributed by atoms with Crippen LogP contribution in [0.25, 0.3) is 10.2 Å². The lowest BCUT2D eigenvalue weighted by molar-refractivity contribution is 0.183. The van der Waals surface area contributed by atoms with E-state index in [4.69, 9.17) is 9.72 Å². The van der Waals surface area contributed by atoms with Crippen molar-refractivity contribution in [3.05, 3.63) is 56.4 Å². The lowest BCUT2D eigenvalue weighted by atomic mass is 9.97. The van der Waals surface area contributed by atoms with Gasteiger partial charge in [0, 0.05) is 17.7 Å². The van der Waals surface area contributed by atoms with Crippen LogP contribution >= 0.6 is 23.1 Å². The van der Waals surface area contributed by atoms with E-state index in [0.717, 1.165) is 35.0 Å². The predicted octanol–water partition coefficient (Wildman–Crippen LogP) is 4.41. The highest BCUT2D eigenvalue weighted by molar-refractivity contribution is 7.98. The Morgan fingerprint density at radius 1 is 1.33 bits per heavy atom. The minimum atomic E-state index is -0.251. The van der Waals surface area contributed by atoms with E-state index < -0.39 is 0 Å². The highest BCUT2D eigenvalue weighted by Gasteiger charge is 2.22. The fraction of sp³-hybridized carbons (Fsp3) is 0.400. The van der Waals surface area contributed by atoms with E-state index >= 15 is 0 Å². The molecule has 7 heteroatoms. The Labute approximate surface area is 165 Å². The molecule has 142 valence electrons. The zero-order valence-electron chi connectivity index (χ0n) is 15.2. The molecule has 27 heavy (non-hydrogen) atoms. The molecule has 0 N–H and O–H groups in total. The second kappa shape index (κ2) is 8.12. The van der Waals surface area contributed by atoms with Crippen molar-refractivity contribution >= 4 is 33.3 Å². The van der Waals surface area contributed by atoms with E-state index in [1.807, 2.05) is 6.07 Å². The number of halogens is 1. The molecule has 0 saturated heterocycles. The van der Waals surface area contributed by atoms with Gasteiger partial charge in [0.15, 0.2) is 5.16 Å². The largest absolute Gasteiger partial charge is 0.383 e. The number of thioether (sulfide) groups is 1. The van der Waals surface area contributed by atoms with Gasteiger partial charge in [0.25, 0.3) is 5.56 Å². The van der Waals surface area contributed by atoms with Gasteiger partial charge in [-0.3, -0.25) is 9.36 Å². The number of aromatic nitrogens is 2. The highest BCUT2D eigenvalue weighted by atomic mass is 32.2. The molecule has 0 bridgehead atoms. The van der Waals surface area contributed by atoms with Gasteiger partial charge >= 0.3 is 0 Å². The van der Waals surface area contributed by atoms with Crippen molar-refractivity contribution in [1.29, 1.82) is 0 Å². The number of hydrogen-bond donors (Lipinski definition) is 0. The van der Waals surface area contributed by atoms with Crippen LogP contribution in [0.15, 0.2) is 34.2 Å². The monoisotopic (exact) mass is 404 g/mol. The summed E-state index contributed by atoms with van der Waals surface area (Å²) < 4.78 is 20.4. The topological polar surface area (TPSA) is 44.1 Å².